The summed E-state index contributed by atoms with van der Waals surface area (Å²) in [5.74, 6) is 0.00991. The molecule has 1 fully saturated rings. The molecule has 2 atom stereocenters. The number of esters is 1. The van der Waals surface area contributed by atoms with E-state index in [0.29, 0.717) is 18.1 Å². The van der Waals surface area contributed by atoms with Crippen molar-refractivity contribution in [1.82, 2.24) is 4.90 Å². The van der Waals surface area contributed by atoms with Gasteiger partial charge in [-0.3, -0.25) is 4.90 Å². The zero-order chi connectivity index (χ0) is 24.0. The van der Waals surface area contributed by atoms with Gasteiger partial charge in [-0.2, -0.15) is 5.26 Å². The van der Waals surface area contributed by atoms with E-state index in [9.17, 15) is 10.1 Å². The van der Waals surface area contributed by atoms with Crippen LogP contribution in [0.2, 0.25) is 0 Å². The van der Waals surface area contributed by atoms with Gasteiger partial charge in [0, 0.05) is 6.54 Å². The van der Waals surface area contributed by atoms with E-state index in [2.05, 4.69) is 78.6 Å². The highest BCUT2D eigenvalue weighted by Gasteiger charge is 2.47. The Hall–Kier alpha value is -3.42. The monoisotopic (exact) mass is 452 g/mol. The number of nitriles is 1. The van der Waals surface area contributed by atoms with E-state index >= 15 is 0 Å². The predicted molar refractivity (Wildman–Crippen MR) is 134 cm³/mol. The van der Waals surface area contributed by atoms with Crippen LogP contribution >= 0.6 is 0 Å². The largest absolute Gasteiger partial charge is 0.462 e. The predicted octanol–water partition coefficient (Wildman–Crippen LogP) is 6.29. The fourth-order valence-electron chi connectivity index (χ4n) is 5.42. The molecule has 2 unspecified atom stereocenters. The van der Waals surface area contributed by atoms with E-state index in [-0.39, 0.29) is 12.0 Å². The molecule has 174 valence electrons. The maximum atomic E-state index is 12.1. The van der Waals surface area contributed by atoms with Crippen molar-refractivity contribution >= 4 is 5.97 Å². The normalized spacial score (nSPS) is 18.6. The molecule has 0 saturated carbocycles. The molecule has 0 aromatic heterocycles. The van der Waals surface area contributed by atoms with E-state index in [1.807, 2.05) is 31.2 Å². The van der Waals surface area contributed by atoms with Crippen molar-refractivity contribution in [3.05, 3.63) is 107 Å². The Morgan fingerprint density at radius 1 is 1.00 bits per heavy atom. The highest BCUT2D eigenvalue weighted by Crippen LogP contribution is 2.49. The standard InChI is InChI=1S/C30H32N2O2/c1-3-28(22-31)32-20-19-25(23-15-17-24(18-16-23)29(33)34-4-2)21-30(32,26-11-7-5-8-12-26)27-13-9-6-10-14-27/h5-18,25,28H,3-4,19-21H2,1-2H3. The first-order chi connectivity index (χ1) is 16.6. The Bertz CT molecular complexity index is 1080. The quantitative estimate of drug-likeness (QED) is 0.395. The maximum Gasteiger partial charge on any atom is 0.338 e. The van der Waals surface area contributed by atoms with Crippen LogP contribution in [0.15, 0.2) is 84.9 Å². The third-order valence-corrected chi connectivity index (χ3v) is 7.06. The van der Waals surface area contributed by atoms with Gasteiger partial charge in [-0.1, -0.05) is 79.7 Å². The van der Waals surface area contributed by atoms with Crippen molar-refractivity contribution in [2.24, 2.45) is 0 Å². The average molecular weight is 453 g/mol. The second kappa shape index (κ2) is 10.7. The summed E-state index contributed by atoms with van der Waals surface area (Å²) in [7, 11) is 0. The van der Waals surface area contributed by atoms with E-state index < -0.39 is 5.54 Å². The molecular weight excluding hydrogens is 420 g/mol. The Morgan fingerprint density at radius 2 is 1.59 bits per heavy atom. The first kappa shape index (κ1) is 23.7. The second-order valence-corrected chi connectivity index (χ2v) is 8.87. The summed E-state index contributed by atoms with van der Waals surface area (Å²) in [6.07, 6.45) is 2.59. The summed E-state index contributed by atoms with van der Waals surface area (Å²) < 4.78 is 5.15. The van der Waals surface area contributed by atoms with Gasteiger partial charge in [-0.25, -0.2) is 4.79 Å². The zero-order valence-corrected chi connectivity index (χ0v) is 20.0. The molecule has 3 aromatic rings. The highest BCUT2D eigenvalue weighted by atomic mass is 16.5. The van der Waals surface area contributed by atoms with Gasteiger partial charge in [0.05, 0.1) is 29.8 Å². The minimum atomic E-state index is -0.415. The number of piperidine rings is 1. The van der Waals surface area contributed by atoms with Crippen molar-refractivity contribution in [2.45, 2.75) is 50.6 Å². The van der Waals surface area contributed by atoms with E-state index in [1.54, 1.807) is 0 Å². The van der Waals surface area contributed by atoms with E-state index in [4.69, 9.17) is 4.74 Å². The van der Waals surface area contributed by atoms with Crippen molar-refractivity contribution in [1.29, 1.82) is 5.26 Å². The fourth-order valence-corrected chi connectivity index (χ4v) is 5.42. The molecule has 4 rings (SSSR count). The first-order valence-corrected chi connectivity index (χ1v) is 12.2. The smallest absolute Gasteiger partial charge is 0.338 e. The zero-order valence-electron chi connectivity index (χ0n) is 20.0. The summed E-state index contributed by atoms with van der Waals surface area (Å²) in [4.78, 5) is 14.5. The molecule has 0 radical (unpaired) electrons. The third-order valence-electron chi connectivity index (χ3n) is 7.06. The van der Waals surface area contributed by atoms with Crippen molar-refractivity contribution in [2.75, 3.05) is 13.2 Å². The van der Waals surface area contributed by atoms with Gasteiger partial charge in [-0.05, 0) is 60.9 Å². The summed E-state index contributed by atoms with van der Waals surface area (Å²) >= 11 is 0. The van der Waals surface area contributed by atoms with Gasteiger partial charge in [0.25, 0.3) is 0 Å². The average Bonchev–Trinajstić information content (AvgIpc) is 2.91. The molecule has 1 heterocycles. The molecule has 0 N–H and O–H groups in total. The van der Waals surface area contributed by atoms with Crippen LogP contribution in [0.1, 0.15) is 66.1 Å². The Labute approximate surface area is 202 Å². The Morgan fingerprint density at radius 3 is 2.09 bits per heavy atom. The number of hydrogen-bond donors (Lipinski definition) is 0. The van der Waals surface area contributed by atoms with Crippen molar-refractivity contribution in [3.8, 4) is 6.07 Å². The summed E-state index contributed by atoms with van der Waals surface area (Å²) in [5, 5.41) is 10.1. The molecule has 0 bridgehead atoms. The SMILES string of the molecule is CCOC(=O)c1ccc(C2CCN(C(C#N)CC)C(c3ccccc3)(c3ccccc3)C2)cc1. The van der Waals surface area contributed by atoms with Crippen LogP contribution in [-0.2, 0) is 10.3 Å². The Balaban J connectivity index is 1.80. The molecule has 3 aromatic carbocycles. The van der Waals surface area contributed by atoms with Gasteiger partial charge in [0.15, 0.2) is 0 Å². The lowest BCUT2D eigenvalue weighted by molar-refractivity contribution is 0.0414. The van der Waals surface area contributed by atoms with Crippen LogP contribution in [0.25, 0.3) is 0 Å². The van der Waals surface area contributed by atoms with E-state index in [1.165, 1.54) is 16.7 Å². The molecular formula is C30H32N2O2. The number of hydrogen-bond acceptors (Lipinski definition) is 4. The number of ether oxygens (including phenoxy) is 1. The van der Waals surface area contributed by atoms with Gasteiger partial charge in [-0.15, -0.1) is 0 Å². The molecule has 1 aliphatic rings. The number of rotatable bonds is 7. The molecule has 1 saturated heterocycles. The van der Waals surface area contributed by atoms with Gasteiger partial charge in [0.1, 0.15) is 0 Å². The highest BCUT2D eigenvalue weighted by molar-refractivity contribution is 5.89. The number of carbonyl (C=O) groups excluding carboxylic acids is 1. The minimum absolute atomic E-state index is 0.174. The Kier molecular flexibility index (Phi) is 7.45. The molecule has 4 nitrogen and oxygen atoms in total. The first-order valence-electron chi connectivity index (χ1n) is 12.2. The lowest BCUT2D eigenvalue weighted by Gasteiger charge is -2.52. The molecule has 0 aliphatic carbocycles. The van der Waals surface area contributed by atoms with Crippen LogP contribution in [0.5, 0.6) is 0 Å². The topological polar surface area (TPSA) is 53.3 Å². The van der Waals surface area contributed by atoms with Crippen molar-refractivity contribution < 1.29 is 9.53 Å². The molecule has 34 heavy (non-hydrogen) atoms. The lowest BCUT2D eigenvalue weighted by Crippen LogP contribution is -2.55. The van der Waals surface area contributed by atoms with Crippen LogP contribution in [0.4, 0.5) is 0 Å². The summed E-state index contributed by atoms with van der Waals surface area (Å²) in [5.41, 5.74) is 3.80. The van der Waals surface area contributed by atoms with Gasteiger partial charge < -0.3 is 4.74 Å². The summed E-state index contributed by atoms with van der Waals surface area (Å²) in [6, 6.07) is 31.5. The number of carbonyl (C=O) groups is 1. The molecule has 4 heteroatoms. The molecule has 0 amide bonds. The number of nitrogens with zero attached hydrogens (tertiary/aromatic N) is 2. The minimum Gasteiger partial charge on any atom is -0.462 e. The van der Waals surface area contributed by atoms with Gasteiger partial charge in [0.2, 0.25) is 0 Å². The van der Waals surface area contributed by atoms with Crippen LogP contribution in [-0.4, -0.2) is 30.1 Å². The molecule has 0 spiro atoms. The number of benzene rings is 3. The third kappa shape index (κ3) is 4.49. The summed E-state index contributed by atoms with van der Waals surface area (Å²) in [6.45, 7) is 5.10. The maximum absolute atomic E-state index is 12.1. The van der Waals surface area contributed by atoms with Crippen LogP contribution in [0.3, 0.4) is 0 Å². The van der Waals surface area contributed by atoms with Crippen LogP contribution < -0.4 is 0 Å². The molecule has 1 aliphatic heterocycles. The fraction of sp³-hybridized carbons (Fsp3) is 0.333. The lowest BCUT2D eigenvalue weighted by atomic mass is 9.69. The van der Waals surface area contributed by atoms with Gasteiger partial charge >= 0.3 is 5.97 Å². The number of likely N-dealkylation sites (tertiary alicyclic amines) is 1. The van der Waals surface area contributed by atoms with E-state index in [0.717, 1.165) is 25.8 Å². The second-order valence-electron chi connectivity index (χ2n) is 8.87. The van der Waals surface area contributed by atoms with Crippen molar-refractivity contribution in [3.63, 3.8) is 0 Å². The van der Waals surface area contributed by atoms with Crippen LogP contribution in [0, 0.1) is 11.3 Å².